The van der Waals surface area contributed by atoms with Crippen LogP contribution in [-0.2, 0) is 4.79 Å². The van der Waals surface area contributed by atoms with Crippen LogP contribution in [0.4, 0.5) is 10.2 Å². The molecule has 0 spiro atoms. The van der Waals surface area contributed by atoms with Crippen LogP contribution in [-0.4, -0.2) is 36.1 Å². The molecule has 166 valence electrons. The number of pyridine rings is 1. The lowest BCUT2D eigenvalue weighted by Gasteiger charge is -2.20. The first-order chi connectivity index (χ1) is 15.0. The molecule has 1 unspecified atom stereocenters. The molecular formula is C25H31FN2O3. The Morgan fingerprint density at radius 3 is 2.52 bits per heavy atom. The highest BCUT2D eigenvalue weighted by Crippen LogP contribution is 2.29. The van der Waals surface area contributed by atoms with Crippen molar-refractivity contribution in [2.24, 2.45) is 0 Å². The Hall–Kier alpha value is -2.63. The standard InChI is InChI=1S/C25H31FN2O3/c1-17(13-18(2)29)19-7-9-21(10-8-19)30-22-11-12-28(16-22)25-24(26)14-23(15-27-25)31-20-5-3-4-6-20/h7-10,14-15,17,20,22H,3-6,11-13,16H2,1-2H3/t17-,22?/m1/s1. The first kappa shape index (κ1) is 21.6. The lowest BCUT2D eigenvalue weighted by molar-refractivity contribution is -0.117. The Labute approximate surface area is 183 Å². The largest absolute Gasteiger partial charge is 0.489 e. The second kappa shape index (κ2) is 9.67. The molecule has 0 N–H and O–H groups in total. The molecule has 0 amide bonds. The van der Waals surface area contributed by atoms with Crippen LogP contribution in [0.15, 0.2) is 36.5 Å². The van der Waals surface area contributed by atoms with Gasteiger partial charge in [0.2, 0.25) is 0 Å². The SMILES string of the molecule is CC(=O)C[C@@H](C)c1ccc(OC2CCN(c3ncc(OC4CCCC4)cc3F)C2)cc1. The predicted molar refractivity (Wildman–Crippen MR) is 118 cm³/mol. The maximum absolute atomic E-state index is 14.7. The van der Waals surface area contributed by atoms with Gasteiger partial charge >= 0.3 is 0 Å². The van der Waals surface area contributed by atoms with Gasteiger partial charge in [-0.25, -0.2) is 9.37 Å². The van der Waals surface area contributed by atoms with E-state index in [-0.39, 0.29) is 29.7 Å². The van der Waals surface area contributed by atoms with E-state index in [1.807, 2.05) is 29.2 Å². The van der Waals surface area contributed by atoms with E-state index in [1.54, 1.807) is 13.1 Å². The summed E-state index contributed by atoms with van der Waals surface area (Å²) in [5.41, 5.74) is 1.13. The number of anilines is 1. The number of hydrogen-bond acceptors (Lipinski definition) is 5. The topological polar surface area (TPSA) is 51.7 Å². The first-order valence-electron chi connectivity index (χ1n) is 11.3. The molecule has 1 aromatic carbocycles. The average Bonchev–Trinajstić information content (AvgIpc) is 3.40. The van der Waals surface area contributed by atoms with Crippen LogP contribution in [0.2, 0.25) is 0 Å². The van der Waals surface area contributed by atoms with Crippen LogP contribution in [0.5, 0.6) is 11.5 Å². The van der Waals surface area contributed by atoms with E-state index in [1.165, 1.54) is 18.9 Å². The van der Waals surface area contributed by atoms with Crippen LogP contribution in [0.3, 0.4) is 0 Å². The molecule has 2 heterocycles. The fourth-order valence-corrected chi connectivity index (χ4v) is 4.54. The van der Waals surface area contributed by atoms with Crippen molar-refractivity contribution < 1.29 is 18.7 Å². The summed E-state index contributed by atoms with van der Waals surface area (Å²) < 4.78 is 26.7. The molecule has 1 aromatic heterocycles. The lowest BCUT2D eigenvalue weighted by atomic mass is 9.96. The van der Waals surface area contributed by atoms with E-state index in [2.05, 4.69) is 11.9 Å². The van der Waals surface area contributed by atoms with Crippen LogP contribution < -0.4 is 14.4 Å². The van der Waals surface area contributed by atoms with Gasteiger partial charge in [0.15, 0.2) is 11.6 Å². The molecule has 2 atom stereocenters. The lowest BCUT2D eigenvalue weighted by Crippen LogP contribution is -2.26. The Kier molecular flexibility index (Phi) is 6.73. The number of aromatic nitrogens is 1. The van der Waals surface area contributed by atoms with E-state index in [0.29, 0.717) is 31.1 Å². The number of Topliss-reactive ketones (excluding diaryl/α,β-unsaturated/α-hetero) is 1. The number of nitrogens with zero attached hydrogens (tertiary/aromatic N) is 2. The van der Waals surface area contributed by atoms with Crippen LogP contribution >= 0.6 is 0 Å². The molecule has 2 aliphatic rings. The third kappa shape index (κ3) is 5.54. The van der Waals surface area contributed by atoms with Crippen LogP contribution in [0, 0.1) is 5.82 Å². The third-order valence-corrected chi connectivity index (χ3v) is 6.19. The number of halogens is 1. The summed E-state index contributed by atoms with van der Waals surface area (Å²) in [6.07, 6.45) is 7.57. The van der Waals surface area contributed by atoms with Gasteiger partial charge in [0.25, 0.3) is 0 Å². The Morgan fingerprint density at radius 2 is 1.84 bits per heavy atom. The van der Waals surface area contributed by atoms with E-state index >= 15 is 0 Å². The van der Waals surface area contributed by atoms with Gasteiger partial charge in [-0.1, -0.05) is 19.1 Å². The zero-order chi connectivity index (χ0) is 21.8. The molecular weight excluding hydrogens is 395 g/mol. The van der Waals surface area contributed by atoms with E-state index in [4.69, 9.17) is 9.47 Å². The van der Waals surface area contributed by atoms with Crippen molar-refractivity contribution in [1.82, 2.24) is 4.98 Å². The Morgan fingerprint density at radius 1 is 1.13 bits per heavy atom. The number of ketones is 1. The van der Waals surface area contributed by atoms with Crippen molar-refractivity contribution in [2.75, 3.05) is 18.0 Å². The summed E-state index contributed by atoms with van der Waals surface area (Å²) in [4.78, 5) is 17.6. The van der Waals surface area contributed by atoms with E-state index in [9.17, 15) is 9.18 Å². The Balaban J connectivity index is 1.32. The number of benzene rings is 1. The molecule has 0 radical (unpaired) electrons. The predicted octanol–water partition coefficient (Wildman–Crippen LogP) is 5.28. The highest BCUT2D eigenvalue weighted by molar-refractivity contribution is 5.76. The fraction of sp³-hybridized carbons (Fsp3) is 0.520. The molecule has 1 aliphatic carbocycles. The van der Waals surface area contributed by atoms with Crippen molar-refractivity contribution in [2.45, 2.75) is 70.5 Å². The van der Waals surface area contributed by atoms with Gasteiger partial charge in [0, 0.05) is 25.5 Å². The number of rotatable bonds is 8. The first-order valence-corrected chi connectivity index (χ1v) is 11.3. The number of carbonyl (C=O) groups is 1. The smallest absolute Gasteiger partial charge is 0.169 e. The highest BCUT2D eigenvalue weighted by Gasteiger charge is 2.27. The minimum atomic E-state index is -0.347. The van der Waals surface area contributed by atoms with Gasteiger partial charge in [-0.15, -0.1) is 0 Å². The van der Waals surface area contributed by atoms with Crippen molar-refractivity contribution in [1.29, 1.82) is 0 Å². The highest BCUT2D eigenvalue weighted by atomic mass is 19.1. The van der Waals surface area contributed by atoms with Gasteiger partial charge in [0.05, 0.1) is 18.8 Å². The molecule has 2 aromatic rings. The second-order valence-corrected chi connectivity index (χ2v) is 8.85. The van der Waals surface area contributed by atoms with E-state index in [0.717, 1.165) is 30.6 Å². The molecule has 1 saturated carbocycles. The maximum atomic E-state index is 14.7. The minimum absolute atomic E-state index is 0.0175. The molecule has 6 heteroatoms. The molecule has 1 aliphatic heterocycles. The number of hydrogen-bond donors (Lipinski definition) is 0. The summed E-state index contributed by atoms with van der Waals surface area (Å²) in [6, 6.07) is 9.38. The summed E-state index contributed by atoms with van der Waals surface area (Å²) >= 11 is 0. The van der Waals surface area contributed by atoms with Gasteiger partial charge in [-0.2, -0.15) is 0 Å². The van der Waals surface area contributed by atoms with Crippen molar-refractivity contribution in [3.8, 4) is 11.5 Å². The van der Waals surface area contributed by atoms with Crippen molar-refractivity contribution in [3.63, 3.8) is 0 Å². The maximum Gasteiger partial charge on any atom is 0.169 e. The van der Waals surface area contributed by atoms with Gasteiger partial charge in [-0.05, 0) is 56.2 Å². The third-order valence-electron chi connectivity index (χ3n) is 6.19. The molecule has 1 saturated heterocycles. The molecule has 31 heavy (non-hydrogen) atoms. The molecule has 4 rings (SSSR count). The molecule has 0 bridgehead atoms. The normalized spacial score (nSPS) is 20.1. The number of carbonyl (C=O) groups excluding carboxylic acids is 1. The van der Waals surface area contributed by atoms with E-state index < -0.39 is 0 Å². The summed E-state index contributed by atoms with van der Waals surface area (Å²) in [7, 11) is 0. The summed E-state index contributed by atoms with van der Waals surface area (Å²) in [6.45, 7) is 4.96. The van der Waals surface area contributed by atoms with Gasteiger partial charge in [-0.3, -0.25) is 0 Å². The zero-order valence-corrected chi connectivity index (χ0v) is 18.4. The van der Waals surface area contributed by atoms with Crippen molar-refractivity contribution in [3.05, 3.63) is 47.9 Å². The molecule has 2 fully saturated rings. The average molecular weight is 427 g/mol. The number of ether oxygens (including phenoxy) is 2. The fourth-order valence-electron chi connectivity index (χ4n) is 4.54. The van der Waals surface area contributed by atoms with Crippen LogP contribution in [0.25, 0.3) is 0 Å². The zero-order valence-electron chi connectivity index (χ0n) is 18.4. The van der Waals surface area contributed by atoms with Crippen LogP contribution in [0.1, 0.15) is 63.9 Å². The summed E-state index contributed by atoms with van der Waals surface area (Å²) in [5.74, 6) is 1.71. The summed E-state index contributed by atoms with van der Waals surface area (Å²) in [5, 5.41) is 0. The second-order valence-electron chi connectivity index (χ2n) is 8.85. The molecule has 5 nitrogen and oxygen atoms in total. The quantitative estimate of drug-likeness (QED) is 0.575. The minimum Gasteiger partial charge on any atom is -0.489 e. The van der Waals surface area contributed by atoms with Gasteiger partial charge < -0.3 is 19.2 Å². The monoisotopic (exact) mass is 426 g/mol. The van der Waals surface area contributed by atoms with Crippen molar-refractivity contribution >= 4 is 11.6 Å². The Bertz CT molecular complexity index is 896. The van der Waals surface area contributed by atoms with Gasteiger partial charge in [0.1, 0.15) is 23.4 Å².